The summed E-state index contributed by atoms with van der Waals surface area (Å²) in [5.74, 6) is 0.539. The Morgan fingerprint density at radius 3 is 2.58 bits per heavy atom. The van der Waals surface area contributed by atoms with Gasteiger partial charge in [-0.3, -0.25) is 4.79 Å². The molecule has 0 aliphatic heterocycles. The van der Waals surface area contributed by atoms with Crippen molar-refractivity contribution in [3.63, 3.8) is 0 Å². The molecule has 0 aliphatic rings. The Labute approximate surface area is 112 Å². The van der Waals surface area contributed by atoms with Gasteiger partial charge in [0.25, 0.3) is 5.91 Å². The highest BCUT2D eigenvalue weighted by molar-refractivity contribution is 6.04. The Morgan fingerprint density at radius 1 is 1.21 bits per heavy atom. The zero-order valence-corrected chi connectivity index (χ0v) is 11.1. The predicted octanol–water partition coefficient (Wildman–Crippen LogP) is 2.94. The normalized spacial score (nSPS) is 10.0. The van der Waals surface area contributed by atoms with E-state index in [1.54, 1.807) is 25.4 Å². The lowest BCUT2D eigenvalue weighted by Crippen LogP contribution is -2.12. The molecule has 0 radical (unpaired) electrons. The summed E-state index contributed by atoms with van der Waals surface area (Å²) in [4.78, 5) is 16.1. The number of pyridine rings is 1. The summed E-state index contributed by atoms with van der Waals surface area (Å²) >= 11 is 0. The molecule has 2 rings (SSSR count). The van der Waals surface area contributed by atoms with Gasteiger partial charge in [-0.15, -0.1) is 0 Å². The highest BCUT2D eigenvalue weighted by Gasteiger charge is 2.06. The third kappa shape index (κ3) is 3.31. The molecular formula is C15H17N3O. The molecule has 0 saturated heterocycles. The third-order valence-corrected chi connectivity index (χ3v) is 2.90. The van der Waals surface area contributed by atoms with E-state index < -0.39 is 0 Å². The molecule has 1 aromatic heterocycles. The van der Waals surface area contributed by atoms with E-state index in [0.29, 0.717) is 11.4 Å². The maximum absolute atomic E-state index is 12.1. The zero-order valence-electron chi connectivity index (χ0n) is 11.1. The number of carbonyl (C=O) groups excluding carboxylic acids is 1. The average Bonchev–Trinajstić information content (AvgIpc) is 2.48. The van der Waals surface area contributed by atoms with Crippen LogP contribution in [0.25, 0.3) is 0 Å². The number of carbonyl (C=O) groups is 1. The van der Waals surface area contributed by atoms with Gasteiger partial charge in [-0.05, 0) is 36.2 Å². The van der Waals surface area contributed by atoms with E-state index in [1.807, 2.05) is 24.3 Å². The maximum Gasteiger partial charge on any atom is 0.255 e. The smallest absolute Gasteiger partial charge is 0.255 e. The second kappa shape index (κ2) is 6.00. The highest BCUT2D eigenvalue weighted by atomic mass is 16.1. The molecule has 1 amide bonds. The molecule has 0 fully saturated rings. The summed E-state index contributed by atoms with van der Waals surface area (Å²) < 4.78 is 0. The van der Waals surface area contributed by atoms with Crippen molar-refractivity contribution in [2.45, 2.75) is 13.3 Å². The van der Waals surface area contributed by atoms with Crippen LogP contribution in [-0.4, -0.2) is 17.9 Å². The fourth-order valence-electron chi connectivity index (χ4n) is 1.74. The number of benzene rings is 1. The number of rotatable bonds is 4. The molecule has 4 heteroatoms. The van der Waals surface area contributed by atoms with E-state index in [1.165, 1.54) is 5.56 Å². The predicted molar refractivity (Wildman–Crippen MR) is 77.6 cm³/mol. The molecule has 2 aromatic rings. The largest absolute Gasteiger partial charge is 0.373 e. The topological polar surface area (TPSA) is 54.0 Å². The van der Waals surface area contributed by atoms with Crippen LogP contribution < -0.4 is 10.6 Å². The Morgan fingerprint density at radius 2 is 1.95 bits per heavy atom. The fraction of sp³-hybridized carbons (Fsp3) is 0.200. The van der Waals surface area contributed by atoms with Crippen molar-refractivity contribution >= 4 is 17.4 Å². The van der Waals surface area contributed by atoms with Crippen LogP contribution in [0.1, 0.15) is 22.8 Å². The van der Waals surface area contributed by atoms with Crippen LogP contribution in [0, 0.1) is 0 Å². The zero-order chi connectivity index (χ0) is 13.7. The molecule has 19 heavy (non-hydrogen) atoms. The van der Waals surface area contributed by atoms with Crippen LogP contribution in [0.5, 0.6) is 0 Å². The average molecular weight is 255 g/mol. The number of aromatic nitrogens is 1. The Bertz CT molecular complexity index is 564. The SMILES string of the molecule is CCc1ccc(NC(=O)c2ccnc(NC)c2)cc1. The fourth-order valence-corrected chi connectivity index (χ4v) is 1.74. The number of nitrogens with one attached hydrogen (secondary N) is 2. The summed E-state index contributed by atoms with van der Waals surface area (Å²) in [5, 5.41) is 5.78. The first-order chi connectivity index (χ1) is 9.22. The number of hydrogen-bond donors (Lipinski definition) is 2. The molecule has 0 atom stereocenters. The van der Waals surface area contributed by atoms with Gasteiger partial charge in [0.05, 0.1) is 0 Å². The molecule has 2 N–H and O–H groups in total. The lowest BCUT2D eigenvalue weighted by molar-refractivity contribution is 0.102. The number of anilines is 2. The number of hydrogen-bond acceptors (Lipinski definition) is 3. The summed E-state index contributed by atoms with van der Waals surface area (Å²) in [6, 6.07) is 11.3. The summed E-state index contributed by atoms with van der Waals surface area (Å²) in [7, 11) is 1.77. The van der Waals surface area contributed by atoms with Gasteiger partial charge in [0.1, 0.15) is 5.82 Å². The molecule has 0 saturated carbocycles. The summed E-state index contributed by atoms with van der Waals surface area (Å²) in [6.07, 6.45) is 2.60. The van der Waals surface area contributed by atoms with E-state index in [-0.39, 0.29) is 5.91 Å². The van der Waals surface area contributed by atoms with Gasteiger partial charge in [-0.1, -0.05) is 19.1 Å². The van der Waals surface area contributed by atoms with Crippen LogP contribution in [0.15, 0.2) is 42.6 Å². The standard InChI is InChI=1S/C15H17N3O/c1-3-11-4-6-13(7-5-11)18-15(19)12-8-9-17-14(10-12)16-2/h4-10H,3H2,1-2H3,(H,16,17)(H,18,19). The van der Waals surface area contributed by atoms with E-state index in [2.05, 4.69) is 22.5 Å². The van der Waals surface area contributed by atoms with E-state index in [4.69, 9.17) is 0 Å². The van der Waals surface area contributed by atoms with Crippen molar-refractivity contribution in [2.75, 3.05) is 17.7 Å². The van der Waals surface area contributed by atoms with E-state index in [9.17, 15) is 4.79 Å². The lowest BCUT2D eigenvalue weighted by Gasteiger charge is -2.07. The molecule has 1 aromatic carbocycles. The second-order valence-corrected chi connectivity index (χ2v) is 4.18. The van der Waals surface area contributed by atoms with Crippen molar-refractivity contribution in [3.05, 3.63) is 53.7 Å². The Kier molecular flexibility index (Phi) is 4.13. The summed E-state index contributed by atoms with van der Waals surface area (Å²) in [6.45, 7) is 2.10. The van der Waals surface area contributed by atoms with Crippen molar-refractivity contribution in [1.82, 2.24) is 4.98 Å². The Hall–Kier alpha value is -2.36. The van der Waals surface area contributed by atoms with Gasteiger partial charge < -0.3 is 10.6 Å². The molecule has 0 aliphatic carbocycles. The molecular weight excluding hydrogens is 238 g/mol. The minimum absolute atomic E-state index is 0.136. The molecule has 0 bridgehead atoms. The van der Waals surface area contributed by atoms with Gasteiger partial charge >= 0.3 is 0 Å². The van der Waals surface area contributed by atoms with Gasteiger partial charge in [0.2, 0.25) is 0 Å². The first-order valence-corrected chi connectivity index (χ1v) is 6.27. The monoisotopic (exact) mass is 255 g/mol. The molecule has 1 heterocycles. The Balaban J connectivity index is 2.11. The van der Waals surface area contributed by atoms with Crippen LogP contribution in [-0.2, 0) is 6.42 Å². The minimum Gasteiger partial charge on any atom is -0.373 e. The number of aryl methyl sites for hydroxylation is 1. The molecule has 4 nitrogen and oxygen atoms in total. The lowest BCUT2D eigenvalue weighted by atomic mass is 10.1. The van der Waals surface area contributed by atoms with Crippen LogP contribution in [0.4, 0.5) is 11.5 Å². The van der Waals surface area contributed by atoms with Crippen molar-refractivity contribution in [1.29, 1.82) is 0 Å². The van der Waals surface area contributed by atoms with Crippen molar-refractivity contribution in [2.24, 2.45) is 0 Å². The molecule has 0 unspecified atom stereocenters. The number of nitrogens with zero attached hydrogens (tertiary/aromatic N) is 1. The molecule has 0 spiro atoms. The number of amides is 1. The van der Waals surface area contributed by atoms with Gasteiger partial charge in [0, 0.05) is 24.5 Å². The van der Waals surface area contributed by atoms with Crippen LogP contribution >= 0.6 is 0 Å². The van der Waals surface area contributed by atoms with E-state index in [0.717, 1.165) is 12.1 Å². The van der Waals surface area contributed by atoms with Crippen LogP contribution in [0.2, 0.25) is 0 Å². The van der Waals surface area contributed by atoms with Gasteiger partial charge in [-0.2, -0.15) is 0 Å². The minimum atomic E-state index is -0.136. The van der Waals surface area contributed by atoms with E-state index >= 15 is 0 Å². The van der Waals surface area contributed by atoms with Crippen molar-refractivity contribution in [3.8, 4) is 0 Å². The quantitative estimate of drug-likeness (QED) is 0.883. The first-order valence-electron chi connectivity index (χ1n) is 6.27. The first kappa shape index (κ1) is 13.1. The van der Waals surface area contributed by atoms with Crippen molar-refractivity contribution < 1.29 is 4.79 Å². The molecule has 98 valence electrons. The third-order valence-electron chi connectivity index (χ3n) is 2.90. The van der Waals surface area contributed by atoms with Gasteiger partial charge in [-0.25, -0.2) is 4.98 Å². The highest BCUT2D eigenvalue weighted by Crippen LogP contribution is 2.13. The summed E-state index contributed by atoms with van der Waals surface area (Å²) in [5.41, 5.74) is 2.63. The van der Waals surface area contributed by atoms with Gasteiger partial charge in [0.15, 0.2) is 0 Å². The van der Waals surface area contributed by atoms with Crippen LogP contribution in [0.3, 0.4) is 0 Å². The maximum atomic E-state index is 12.1. The second-order valence-electron chi connectivity index (χ2n) is 4.18.